The van der Waals surface area contributed by atoms with Gasteiger partial charge in [-0.15, -0.1) is 0 Å². The van der Waals surface area contributed by atoms with Gasteiger partial charge in [0.05, 0.1) is 6.61 Å². The van der Waals surface area contributed by atoms with E-state index in [1.807, 2.05) is 7.05 Å². The number of morpholine rings is 1. The van der Waals surface area contributed by atoms with E-state index < -0.39 is 11.6 Å². The predicted molar refractivity (Wildman–Crippen MR) is 72.2 cm³/mol. The number of aromatic nitrogens is 3. The van der Waals surface area contributed by atoms with Crippen LogP contribution in [0.25, 0.3) is 5.69 Å². The van der Waals surface area contributed by atoms with Gasteiger partial charge in [-0.25, -0.2) is 18.4 Å². The molecule has 0 bridgehead atoms. The average molecular weight is 294 g/mol. The summed E-state index contributed by atoms with van der Waals surface area (Å²) in [5.74, 6) is -0.247. The van der Waals surface area contributed by atoms with Crippen molar-refractivity contribution >= 4 is 0 Å². The van der Waals surface area contributed by atoms with Crippen molar-refractivity contribution < 1.29 is 13.5 Å². The number of benzene rings is 1. The lowest BCUT2D eigenvalue weighted by molar-refractivity contribution is -0.0265. The summed E-state index contributed by atoms with van der Waals surface area (Å²) in [5, 5.41) is 4.22. The van der Waals surface area contributed by atoms with Crippen LogP contribution in [0, 0.1) is 18.6 Å². The van der Waals surface area contributed by atoms with Gasteiger partial charge in [-0.05, 0) is 26.1 Å². The maximum absolute atomic E-state index is 14.0. The van der Waals surface area contributed by atoms with Gasteiger partial charge in [0.15, 0.2) is 11.6 Å². The zero-order chi connectivity index (χ0) is 15.0. The summed E-state index contributed by atoms with van der Waals surface area (Å²) in [7, 11) is 1.99. The molecule has 7 heteroatoms. The largest absolute Gasteiger partial charge is 0.368 e. The summed E-state index contributed by atoms with van der Waals surface area (Å²) in [6.45, 7) is 3.81. The Hall–Kier alpha value is -1.86. The lowest BCUT2D eigenvalue weighted by atomic mass is 10.2. The molecule has 1 saturated heterocycles. The Bertz CT molecular complexity index is 658. The lowest BCUT2D eigenvalue weighted by Crippen LogP contribution is -2.36. The highest BCUT2D eigenvalue weighted by atomic mass is 19.1. The van der Waals surface area contributed by atoms with Crippen molar-refractivity contribution in [3.8, 4) is 5.69 Å². The molecule has 1 aromatic carbocycles. The van der Waals surface area contributed by atoms with Gasteiger partial charge in [-0.1, -0.05) is 0 Å². The molecule has 0 amide bonds. The van der Waals surface area contributed by atoms with Crippen LogP contribution >= 0.6 is 0 Å². The first-order chi connectivity index (χ1) is 10.0. The minimum absolute atomic E-state index is 0.170. The molecule has 1 aliphatic rings. The number of aryl methyl sites for hydroxylation is 1. The van der Waals surface area contributed by atoms with Gasteiger partial charge in [-0.3, -0.25) is 0 Å². The van der Waals surface area contributed by atoms with E-state index >= 15 is 0 Å². The fraction of sp³-hybridized carbons (Fsp3) is 0.429. The van der Waals surface area contributed by atoms with Crippen molar-refractivity contribution in [2.75, 3.05) is 26.7 Å². The highest BCUT2D eigenvalue weighted by Gasteiger charge is 2.26. The third kappa shape index (κ3) is 2.79. The summed E-state index contributed by atoms with van der Waals surface area (Å²) in [6.07, 6.45) is -0.283. The second-order valence-electron chi connectivity index (χ2n) is 5.15. The molecule has 112 valence electrons. The fourth-order valence-corrected chi connectivity index (χ4v) is 2.40. The maximum Gasteiger partial charge on any atom is 0.162 e. The van der Waals surface area contributed by atoms with Crippen LogP contribution in [-0.2, 0) is 4.74 Å². The van der Waals surface area contributed by atoms with E-state index in [0.717, 1.165) is 12.6 Å². The second-order valence-corrected chi connectivity index (χ2v) is 5.15. The molecule has 1 fully saturated rings. The first-order valence-electron chi connectivity index (χ1n) is 6.74. The van der Waals surface area contributed by atoms with Crippen LogP contribution in [-0.4, -0.2) is 46.4 Å². The van der Waals surface area contributed by atoms with Gasteiger partial charge in [0.2, 0.25) is 0 Å². The van der Waals surface area contributed by atoms with E-state index in [1.165, 1.54) is 16.8 Å². The zero-order valence-electron chi connectivity index (χ0n) is 11.9. The Morgan fingerprint density at radius 1 is 1.33 bits per heavy atom. The van der Waals surface area contributed by atoms with Crippen molar-refractivity contribution in [3.63, 3.8) is 0 Å². The van der Waals surface area contributed by atoms with E-state index in [-0.39, 0.29) is 11.8 Å². The van der Waals surface area contributed by atoms with Gasteiger partial charge < -0.3 is 9.64 Å². The van der Waals surface area contributed by atoms with Crippen molar-refractivity contribution in [1.82, 2.24) is 19.7 Å². The number of nitrogens with zero attached hydrogens (tertiary/aromatic N) is 4. The molecule has 1 atom stereocenters. The molecule has 1 aliphatic heterocycles. The van der Waals surface area contributed by atoms with Crippen molar-refractivity contribution in [2.24, 2.45) is 0 Å². The Kier molecular flexibility index (Phi) is 3.69. The van der Waals surface area contributed by atoms with Crippen molar-refractivity contribution in [3.05, 3.63) is 41.5 Å². The van der Waals surface area contributed by atoms with Crippen LogP contribution in [0.2, 0.25) is 0 Å². The SMILES string of the molecule is Cc1nc(C2CN(C)CCO2)n(-c2ccc(F)cc2F)n1. The van der Waals surface area contributed by atoms with E-state index in [2.05, 4.69) is 15.0 Å². The van der Waals surface area contributed by atoms with Crippen LogP contribution in [0.1, 0.15) is 17.8 Å². The van der Waals surface area contributed by atoms with Gasteiger partial charge in [0, 0.05) is 19.2 Å². The molecule has 0 radical (unpaired) electrons. The molecule has 2 heterocycles. The Morgan fingerprint density at radius 3 is 2.86 bits per heavy atom. The molecule has 1 aromatic heterocycles. The number of hydrogen-bond donors (Lipinski definition) is 0. The molecular formula is C14H16F2N4O. The Labute approximate surface area is 121 Å². The lowest BCUT2D eigenvalue weighted by Gasteiger charge is -2.29. The van der Waals surface area contributed by atoms with Crippen LogP contribution in [0.5, 0.6) is 0 Å². The minimum atomic E-state index is -0.676. The second kappa shape index (κ2) is 5.50. The summed E-state index contributed by atoms with van der Waals surface area (Å²) >= 11 is 0. The van der Waals surface area contributed by atoms with Crippen LogP contribution in [0.3, 0.4) is 0 Å². The summed E-state index contributed by atoms with van der Waals surface area (Å²) < 4.78 is 34.2. The highest BCUT2D eigenvalue weighted by Crippen LogP contribution is 2.24. The van der Waals surface area contributed by atoms with Gasteiger partial charge in [0.1, 0.15) is 23.4 Å². The van der Waals surface area contributed by atoms with Crippen LogP contribution < -0.4 is 0 Å². The normalized spacial score (nSPS) is 19.9. The number of halogens is 2. The Balaban J connectivity index is 2.03. The molecule has 21 heavy (non-hydrogen) atoms. The van der Waals surface area contributed by atoms with Crippen molar-refractivity contribution in [1.29, 1.82) is 0 Å². The molecule has 3 rings (SSSR count). The third-order valence-electron chi connectivity index (χ3n) is 3.43. The number of ether oxygens (including phenoxy) is 1. The number of hydrogen-bond acceptors (Lipinski definition) is 4. The molecule has 0 saturated carbocycles. The highest BCUT2D eigenvalue weighted by molar-refractivity contribution is 5.34. The zero-order valence-corrected chi connectivity index (χ0v) is 11.9. The molecule has 0 spiro atoms. The minimum Gasteiger partial charge on any atom is -0.368 e. The maximum atomic E-state index is 14.0. The predicted octanol–water partition coefficient (Wildman–Crippen LogP) is 1.86. The first-order valence-corrected chi connectivity index (χ1v) is 6.74. The summed E-state index contributed by atoms with van der Waals surface area (Å²) in [4.78, 5) is 6.46. The smallest absolute Gasteiger partial charge is 0.162 e. The molecule has 0 aliphatic carbocycles. The van der Waals surface area contributed by atoms with E-state index in [4.69, 9.17) is 4.74 Å². The summed E-state index contributed by atoms with van der Waals surface area (Å²) in [5.41, 5.74) is 0.170. The Morgan fingerprint density at radius 2 is 2.14 bits per heavy atom. The first kappa shape index (κ1) is 14.1. The van der Waals surface area contributed by atoms with Gasteiger partial charge in [-0.2, -0.15) is 5.10 Å². The third-order valence-corrected chi connectivity index (χ3v) is 3.43. The molecule has 2 aromatic rings. The monoisotopic (exact) mass is 294 g/mol. The molecule has 0 N–H and O–H groups in total. The fourth-order valence-electron chi connectivity index (χ4n) is 2.40. The van der Waals surface area contributed by atoms with Gasteiger partial charge in [0.25, 0.3) is 0 Å². The molecule has 5 nitrogen and oxygen atoms in total. The van der Waals surface area contributed by atoms with Crippen LogP contribution in [0.4, 0.5) is 8.78 Å². The van der Waals surface area contributed by atoms with Gasteiger partial charge >= 0.3 is 0 Å². The van der Waals surface area contributed by atoms with Crippen molar-refractivity contribution in [2.45, 2.75) is 13.0 Å². The van der Waals surface area contributed by atoms with E-state index in [9.17, 15) is 8.78 Å². The topological polar surface area (TPSA) is 43.2 Å². The number of likely N-dealkylation sites (N-methyl/N-ethyl adjacent to an activating group) is 1. The molecule has 1 unspecified atom stereocenters. The summed E-state index contributed by atoms with van der Waals surface area (Å²) in [6, 6.07) is 3.39. The quantitative estimate of drug-likeness (QED) is 0.848. The van der Waals surface area contributed by atoms with Crippen LogP contribution in [0.15, 0.2) is 18.2 Å². The number of rotatable bonds is 2. The van der Waals surface area contributed by atoms with E-state index in [1.54, 1.807) is 6.92 Å². The van der Waals surface area contributed by atoms with E-state index in [0.29, 0.717) is 24.8 Å². The molecular weight excluding hydrogens is 278 g/mol. The average Bonchev–Trinajstić information content (AvgIpc) is 2.80. The standard InChI is InChI=1S/C14H16F2N4O/c1-9-17-14(13-8-19(2)5-6-21-13)20(18-9)12-4-3-10(15)7-11(12)16/h3-4,7,13H,5-6,8H2,1-2H3.